The average Bonchev–Trinajstić information content (AvgIpc) is 3.46. The van der Waals surface area contributed by atoms with E-state index in [2.05, 4.69) is 17.1 Å². The van der Waals surface area contributed by atoms with Crippen LogP contribution in [-0.4, -0.2) is 56.6 Å². The minimum Gasteiger partial charge on any atom is -0.497 e. The average molecular weight is 417 g/mol. The van der Waals surface area contributed by atoms with Gasteiger partial charge in [0, 0.05) is 0 Å². The van der Waals surface area contributed by atoms with Crippen LogP contribution in [0.5, 0.6) is 11.5 Å². The quantitative estimate of drug-likeness (QED) is 0.567. The van der Waals surface area contributed by atoms with Crippen molar-refractivity contribution in [3.8, 4) is 22.3 Å². The molecule has 1 atom stereocenters. The second-order valence-electron chi connectivity index (χ2n) is 7.33. The van der Waals surface area contributed by atoms with Crippen molar-refractivity contribution in [3.05, 3.63) is 47.7 Å². The topological polar surface area (TPSA) is 66.3 Å². The van der Waals surface area contributed by atoms with Crippen LogP contribution < -0.4 is 19.3 Å². The van der Waals surface area contributed by atoms with Gasteiger partial charge in [-0.15, -0.1) is 21.5 Å². The Hall–Kier alpha value is -2.42. The smallest absolute Gasteiger partial charge is 0.274 e. The molecule has 0 saturated carbocycles. The molecule has 0 unspecified atom stereocenters. The van der Waals surface area contributed by atoms with Gasteiger partial charge in [0.1, 0.15) is 50.8 Å². The Labute approximate surface area is 174 Å². The number of aromatic nitrogens is 2. The van der Waals surface area contributed by atoms with Crippen molar-refractivity contribution in [1.29, 1.82) is 0 Å². The Balaban J connectivity index is 1.21. The fourth-order valence-electron chi connectivity index (χ4n) is 3.68. The van der Waals surface area contributed by atoms with Gasteiger partial charge in [0.25, 0.3) is 11.8 Å². The van der Waals surface area contributed by atoms with E-state index in [9.17, 15) is 0 Å². The molecule has 2 N–H and O–H groups in total. The van der Waals surface area contributed by atoms with Crippen LogP contribution in [0.3, 0.4) is 0 Å². The van der Waals surface area contributed by atoms with Gasteiger partial charge in [-0.25, -0.2) is 0 Å². The van der Waals surface area contributed by atoms with Gasteiger partial charge in [-0.3, -0.25) is 0 Å². The van der Waals surface area contributed by atoms with Gasteiger partial charge >= 0.3 is 0 Å². The summed E-state index contributed by atoms with van der Waals surface area (Å²) in [5.74, 6) is 3.09. The van der Waals surface area contributed by atoms with Crippen molar-refractivity contribution in [2.45, 2.75) is 13.0 Å². The van der Waals surface area contributed by atoms with Gasteiger partial charge in [0.05, 0.1) is 12.0 Å². The Bertz CT molecular complexity index is 874. The molecule has 1 aliphatic heterocycles. The van der Waals surface area contributed by atoms with E-state index in [4.69, 9.17) is 13.9 Å². The molecule has 4 rings (SSSR count). The molecule has 0 bridgehead atoms. The largest absolute Gasteiger partial charge is 0.497 e. The van der Waals surface area contributed by atoms with Crippen molar-refractivity contribution in [2.75, 3.05) is 46.4 Å². The predicted molar refractivity (Wildman–Crippen MR) is 111 cm³/mol. The number of quaternary nitrogens is 2. The highest BCUT2D eigenvalue weighted by Crippen LogP contribution is 2.24. The zero-order valence-corrected chi connectivity index (χ0v) is 17.7. The number of methoxy groups -OCH3 is 1. The molecule has 1 aliphatic rings. The molecule has 8 heteroatoms. The molecule has 7 nitrogen and oxygen atoms in total. The number of hydrogen-bond donors (Lipinski definition) is 2. The first kappa shape index (κ1) is 19.9. The number of rotatable bonds is 8. The lowest BCUT2D eigenvalue weighted by Gasteiger charge is -2.31. The summed E-state index contributed by atoms with van der Waals surface area (Å²) in [5.41, 5.74) is 0. The van der Waals surface area contributed by atoms with E-state index in [0.29, 0.717) is 5.89 Å². The third-order valence-electron chi connectivity index (χ3n) is 5.54. The van der Waals surface area contributed by atoms with Crippen LogP contribution in [0.1, 0.15) is 18.9 Å². The summed E-state index contributed by atoms with van der Waals surface area (Å²) < 4.78 is 17.0. The van der Waals surface area contributed by atoms with Crippen LogP contribution in [0, 0.1) is 0 Å². The van der Waals surface area contributed by atoms with E-state index in [0.717, 1.165) is 61.6 Å². The van der Waals surface area contributed by atoms with Crippen LogP contribution in [0.25, 0.3) is 10.8 Å². The normalized spacial score (nSPS) is 20.3. The molecule has 0 radical (unpaired) electrons. The zero-order chi connectivity index (χ0) is 20.1. The number of hydrogen-bond acceptors (Lipinski definition) is 6. The summed E-state index contributed by atoms with van der Waals surface area (Å²) in [6.45, 7) is 8.34. The Morgan fingerprint density at radius 1 is 1.07 bits per heavy atom. The number of thiophene rings is 1. The lowest BCUT2D eigenvalue weighted by molar-refractivity contribution is -1.03. The summed E-state index contributed by atoms with van der Waals surface area (Å²) in [6.07, 6.45) is 0. The lowest BCUT2D eigenvalue weighted by atomic mass is 10.2. The van der Waals surface area contributed by atoms with Crippen LogP contribution >= 0.6 is 11.3 Å². The van der Waals surface area contributed by atoms with Crippen molar-refractivity contribution in [2.24, 2.45) is 0 Å². The van der Waals surface area contributed by atoms with Crippen molar-refractivity contribution in [3.63, 3.8) is 0 Å². The van der Waals surface area contributed by atoms with Crippen molar-refractivity contribution in [1.82, 2.24) is 10.2 Å². The molecule has 1 fully saturated rings. The molecule has 29 heavy (non-hydrogen) atoms. The SMILES string of the molecule is COc1ccc(OCC[NH+]2CC[NH+]([C@H](C)c3nnc(-c4cccs4)o3)CC2)cc1. The minimum atomic E-state index is 0.216. The van der Waals surface area contributed by atoms with E-state index in [-0.39, 0.29) is 6.04 Å². The van der Waals surface area contributed by atoms with Crippen LogP contribution in [0.4, 0.5) is 0 Å². The standard InChI is InChI=1S/C21H26N4O3S/c1-16(20-22-23-21(28-20)19-4-3-15-29-19)25-11-9-24(10-12-25)13-14-27-18-7-5-17(26-2)6-8-18/h3-8,15-16H,9-14H2,1-2H3/p+2/t16-/m1/s1. The predicted octanol–water partition coefficient (Wildman–Crippen LogP) is 0.730. The number of benzene rings is 1. The summed E-state index contributed by atoms with van der Waals surface area (Å²) in [4.78, 5) is 4.11. The molecule has 0 aliphatic carbocycles. The van der Waals surface area contributed by atoms with Crippen LogP contribution in [-0.2, 0) is 0 Å². The van der Waals surface area contributed by atoms with Gasteiger partial charge in [0.2, 0.25) is 0 Å². The molecule has 3 aromatic rings. The molecule has 1 aromatic carbocycles. The molecule has 0 spiro atoms. The lowest BCUT2D eigenvalue weighted by Crippen LogP contribution is -3.28. The monoisotopic (exact) mass is 416 g/mol. The number of nitrogens with zero attached hydrogens (tertiary/aromatic N) is 2. The van der Waals surface area contributed by atoms with Gasteiger partial charge in [-0.1, -0.05) is 6.07 Å². The summed E-state index contributed by atoms with van der Waals surface area (Å²) >= 11 is 1.62. The highest BCUT2D eigenvalue weighted by molar-refractivity contribution is 7.13. The van der Waals surface area contributed by atoms with Crippen LogP contribution in [0.15, 0.2) is 46.2 Å². The first-order chi connectivity index (χ1) is 14.2. The highest BCUT2D eigenvalue weighted by atomic mass is 32.1. The number of nitrogens with one attached hydrogen (secondary N) is 2. The Kier molecular flexibility index (Phi) is 6.43. The zero-order valence-electron chi connectivity index (χ0n) is 16.9. The van der Waals surface area contributed by atoms with Gasteiger partial charge < -0.3 is 23.7 Å². The Morgan fingerprint density at radius 2 is 1.83 bits per heavy atom. The van der Waals surface area contributed by atoms with E-state index in [1.807, 2.05) is 41.8 Å². The minimum absolute atomic E-state index is 0.216. The van der Waals surface area contributed by atoms with Gasteiger partial charge in [-0.05, 0) is 42.6 Å². The molecule has 154 valence electrons. The maximum Gasteiger partial charge on any atom is 0.274 e. The number of ether oxygens (including phenoxy) is 2. The molecule has 2 aromatic heterocycles. The third-order valence-corrected chi connectivity index (χ3v) is 6.40. The van der Waals surface area contributed by atoms with Crippen molar-refractivity contribution >= 4 is 11.3 Å². The molecular weight excluding hydrogens is 388 g/mol. The number of piperazine rings is 1. The maximum atomic E-state index is 5.93. The maximum absolute atomic E-state index is 5.93. The summed E-state index contributed by atoms with van der Waals surface area (Å²) in [7, 11) is 1.67. The Morgan fingerprint density at radius 3 is 2.52 bits per heavy atom. The highest BCUT2D eigenvalue weighted by Gasteiger charge is 2.31. The second-order valence-corrected chi connectivity index (χ2v) is 8.27. The first-order valence-electron chi connectivity index (χ1n) is 10.0. The van der Waals surface area contributed by atoms with Crippen LogP contribution in [0.2, 0.25) is 0 Å². The molecule has 1 saturated heterocycles. The van der Waals surface area contributed by atoms with Gasteiger partial charge in [0.15, 0.2) is 6.04 Å². The molecular formula is C21H28N4O3S+2. The third kappa shape index (κ3) is 4.95. The second kappa shape index (κ2) is 9.39. The molecule has 3 heterocycles. The van der Waals surface area contributed by atoms with Crippen molar-refractivity contribution < 1.29 is 23.7 Å². The summed E-state index contributed by atoms with van der Waals surface area (Å²) in [5, 5.41) is 10.5. The van der Waals surface area contributed by atoms with E-state index in [1.54, 1.807) is 23.3 Å². The van der Waals surface area contributed by atoms with E-state index in [1.165, 1.54) is 4.90 Å². The fraction of sp³-hybridized carbons (Fsp3) is 0.429. The van der Waals surface area contributed by atoms with E-state index >= 15 is 0 Å². The first-order valence-corrected chi connectivity index (χ1v) is 10.9. The summed E-state index contributed by atoms with van der Waals surface area (Å²) in [6, 6.07) is 12.0. The van der Waals surface area contributed by atoms with Gasteiger partial charge in [-0.2, -0.15) is 0 Å². The molecule has 0 amide bonds. The van der Waals surface area contributed by atoms with E-state index < -0.39 is 0 Å². The fourth-order valence-corrected chi connectivity index (χ4v) is 4.32.